The Morgan fingerprint density at radius 1 is 0.224 bits per heavy atom. The molecule has 2 aliphatic heterocycles. The van der Waals surface area contributed by atoms with E-state index >= 15 is 0 Å². The zero-order chi connectivity index (χ0) is 50.4. The molecule has 0 amide bonds. The van der Waals surface area contributed by atoms with E-state index in [0.29, 0.717) is 11.6 Å². The molecule has 2 aliphatic rings. The molecule has 0 saturated carbocycles. The second kappa shape index (κ2) is 19.5. The molecule has 10 aromatic carbocycles. The zero-order valence-electron chi connectivity index (χ0n) is 40.9. The summed E-state index contributed by atoms with van der Waals surface area (Å²) in [7, 11) is 0. The molecule has 0 N–H and O–H groups in total. The van der Waals surface area contributed by atoms with Gasteiger partial charge in [-0.2, -0.15) is 0 Å². The van der Waals surface area contributed by atoms with E-state index in [1.165, 1.54) is 19.6 Å². The zero-order valence-corrected chi connectivity index (χ0v) is 42.5. The fourth-order valence-corrected chi connectivity index (χ4v) is 12.3. The van der Waals surface area contributed by atoms with Crippen LogP contribution < -0.4 is 9.80 Å². The molecule has 0 fully saturated rings. The minimum atomic E-state index is 0.620. The number of hydrogen-bond donors (Lipinski definition) is 0. The molecule has 0 bridgehead atoms. The molecule has 358 valence electrons. The molecule has 14 rings (SSSR count). The molecule has 0 unspecified atom stereocenters. The van der Waals surface area contributed by atoms with Gasteiger partial charge in [0.05, 0.1) is 45.5 Å². The third-order valence-electron chi connectivity index (χ3n) is 13.8. The Kier molecular flexibility index (Phi) is 11.6. The number of rotatable bonds is 9. The first-order chi connectivity index (χ1) is 37.6. The van der Waals surface area contributed by atoms with Crippen molar-refractivity contribution in [3.63, 3.8) is 0 Å². The van der Waals surface area contributed by atoms with Gasteiger partial charge in [-0.05, 0) is 108 Å². The Balaban J connectivity index is 1.05. The lowest BCUT2D eigenvalue weighted by molar-refractivity contribution is 1.15. The summed E-state index contributed by atoms with van der Waals surface area (Å²) in [5.74, 6) is 1.24. The third-order valence-corrected chi connectivity index (χ3v) is 16.1. The molecule has 0 spiro atoms. The number of aromatic nitrogens is 4. The van der Waals surface area contributed by atoms with E-state index in [1.807, 2.05) is 24.3 Å². The largest absolute Gasteiger partial charge is 0.308 e. The van der Waals surface area contributed by atoms with Crippen molar-refractivity contribution < 1.29 is 0 Å². The van der Waals surface area contributed by atoms with Gasteiger partial charge >= 0.3 is 0 Å². The fraction of sp³-hybridized carbons (Fsp3) is 0. The second-order valence-corrected chi connectivity index (χ2v) is 20.8. The summed E-state index contributed by atoms with van der Waals surface area (Å²) in [5.41, 5.74) is 17.5. The van der Waals surface area contributed by atoms with Gasteiger partial charge in [0.25, 0.3) is 0 Å². The lowest BCUT2D eigenvalue weighted by Crippen LogP contribution is -2.15. The van der Waals surface area contributed by atoms with Crippen molar-refractivity contribution in [2.75, 3.05) is 9.80 Å². The first-order valence-electron chi connectivity index (χ1n) is 25.3. The predicted octanol–water partition coefficient (Wildman–Crippen LogP) is 18.8. The summed E-state index contributed by atoms with van der Waals surface area (Å²) in [4.78, 5) is 31.2. The van der Waals surface area contributed by atoms with E-state index in [2.05, 4.69) is 252 Å². The number of benzene rings is 10. The Labute approximate surface area is 450 Å². The first kappa shape index (κ1) is 45.3. The monoisotopic (exact) mass is 1010 g/mol. The molecule has 0 radical (unpaired) electrons. The van der Waals surface area contributed by atoms with Crippen molar-refractivity contribution in [3.05, 3.63) is 267 Å². The van der Waals surface area contributed by atoms with Crippen molar-refractivity contribution in [1.29, 1.82) is 0 Å². The van der Waals surface area contributed by atoms with Crippen LogP contribution in [0.5, 0.6) is 0 Å². The highest BCUT2D eigenvalue weighted by Crippen LogP contribution is 2.54. The molecule has 2 aromatic heterocycles. The quantitative estimate of drug-likeness (QED) is 0.142. The summed E-state index contributed by atoms with van der Waals surface area (Å²) in [6.07, 6.45) is 0. The van der Waals surface area contributed by atoms with Crippen molar-refractivity contribution in [1.82, 2.24) is 19.9 Å². The van der Waals surface area contributed by atoms with Gasteiger partial charge in [0, 0.05) is 64.3 Å². The van der Waals surface area contributed by atoms with E-state index in [4.69, 9.17) is 19.9 Å². The van der Waals surface area contributed by atoms with Crippen LogP contribution >= 0.6 is 23.5 Å². The molecule has 12 aromatic rings. The van der Waals surface area contributed by atoms with Gasteiger partial charge in [-0.25, -0.2) is 19.9 Å². The van der Waals surface area contributed by atoms with E-state index in [0.717, 1.165) is 101 Å². The van der Waals surface area contributed by atoms with Crippen LogP contribution in [0.1, 0.15) is 0 Å². The summed E-state index contributed by atoms with van der Waals surface area (Å²) in [6, 6.07) is 94.1. The molecule has 4 heterocycles. The van der Waals surface area contributed by atoms with Gasteiger partial charge in [-0.3, -0.25) is 0 Å². The topological polar surface area (TPSA) is 58.0 Å². The number of fused-ring (bicyclic) bond motifs is 4. The number of para-hydroxylation sites is 4. The summed E-state index contributed by atoms with van der Waals surface area (Å²) < 4.78 is 0. The number of nitrogens with zero attached hydrogens (tertiary/aromatic N) is 6. The highest BCUT2D eigenvalue weighted by Gasteiger charge is 2.28. The normalized spacial score (nSPS) is 12.3. The van der Waals surface area contributed by atoms with Crippen LogP contribution in [-0.2, 0) is 0 Å². The van der Waals surface area contributed by atoms with E-state index in [1.54, 1.807) is 23.5 Å². The molecule has 0 saturated heterocycles. The van der Waals surface area contributed by atoms with Crippen LogP contribution in [-0.4, -0.2) is 19.9 Å². The van der Waals surface area contributed by atoms with Crippen LogP contribution in [0.15, 0.2) is 287 Å². The average molecular weight is 1010 g/mol. The standard InChI is InChI=1S/C68H44N6S2/c1-5-21-45(22-6-1)55-43-56(46-23-7-2-8-24-46)70-67(69-55)51-37-49(39-53(41-51)73-59-29-13-17-33-63(59)75-64-34-18-14-30-60(64)73)50-38-52(42-54(40-50)74-61-31-15-19-35-65(61)76-66-36-20-16-32-62(66)74)68-71-57(47-25-9-3-10-26-47)44-58(72-68)48-27-11-4-12-28-48/h1-44H. The van der Waals surface area contributed by atoms with E-state index in [-0.39, 0.29) is 0 Å². The smallest absolute Gasteiger partial charge is 0.160 e. The SMILES string of the molecule is c1ccc(-c2cc(-c3ccccc3)nc(-c3cc(-c4cc(-c5nc(-c6ccccc6)cc(-c6ccccc6)n5)cc(N5c6ccccc6Sc6ccccc65)c4)cc(N4c5ccccc5Sc5ccccc54)c3)n2)cc1. The van der Waals surface area contributed by atoms with Crippen LogP contribution in [0.4, 0.5) is 34.1 Å². The molecule has 0 aliphatic carbocycles. The Hall–Kier alpha value is -9.34. The minimum Gasteiger partial charge on any atom is -0.308 e. The van der Waals surface area contributed by atoms with Gasteiger partial charge in [-0.1, -0.05) is 193 Å². The molecular weight excluding hydrogens is 965 g/mol. The van der Waals surface area contributed by atoms with Gasteiger partial charge in [0.15, 0.2) is 11.6 Å². The van der Waals surface area contributed by atoms with Crippen LogP contribution in [0.25, 0.3) is 78.9 Å². The summed E-state index contributed by atoms with van der Waals surface area (Å²) >= 11 is 3.60. The highest BCUT2D eigenvalue weighted by atomic mass is 32.2. The molecule has 0 atom stereocenters. The second-order valence-electron chi connectivity index (χ2n) is 18.7. The third kappa shape index (κ3) is 8.59. The van der Waals surface area contributed by atoms with Crippen LogP contribution in [0.3, 0.4) is 0 Å². The molecule has 76 heavy (non-hydrogen) atoms. The van der Waals surface area contributed by atoms with Crippen molar-refractivity contribution >= 4 is 57.6 Å². The predicted molar refractivity (Wildman–Crippen MR) is 313 cm³/mol. The van der Waals surface area contributed by atoms with Crippen LogP contribution in [0, 0.1) is 0 Å². The van der Waals surface area contributed by atoms with Crippen molar-refractivity contribution in [3.8, 4) is 78.9 Å². The molecular formula is C68H44N6S2. The van der Waals surface area contributed by atoms with Gasteiger partial charge < -0.3 is 9.80 Å². The number of anilines is 6. The lowest BCUT2D eigenvalue weighted by atomic mass is 9.96. The van der Waals surface area contributed by atoms with Gasteiger partial charge in [-0.15, -0.1) is 0 Å². The summed E-state index contributed by atoms with van der Waals surface area (Å²) in [6.45, 7) is 0. The van der Waals surface area contributed by atoms with Crippen molar-refractivity contribution in [2.24, 2.45) is 0 Å². The van der Waals surface area contributed by atoms with Gasteiger partial charge in [0.2, 0.25) is 0 Å². The Morgan fingerprint density at radius 3 is 0.763 bits per heavy atom. The first-order valence-corrected chi connectivity index (χ1v) is 26.9. The maximum atomic E-state index is 5.43. The van der Waals surface area contributed by atoms with E-state index in [9.17, 15) is 0 Å². The Morgan fingerprint density at radius 2 is 0.474 bits per heavy atom. The van der Waals surface area contributed by atoms with Crippen molar-refractivity contribution in [2.45, 2.75) is 19.6 Å². The minimum absolute atomic E-state index is 0.620. The highest BCUT2D eigenvalue weighted by molar-refractivity contribution is 8.00. The molecule has 8 heteroatoms. The van der Waals surface area contributed by atoms with Crippen LogP contribution in [0.2, 0.25) is 0 Å². The maximum Gasteiger partial charge on any atom is 0.160 e. The average Bonchev–Trinajstić information content (AvgIpc) is 3.55. The lowest BCUT2D eigenvalue weighted by Gasteiger charge is -2.34. The number of hydrogen-bond acceptors (Lipinski definition) is 8. The Bertz CT molecular complexity index is 3660. The van der Waals surface area contributed by atoms with E-state index < -0.39 is 0 Å². The maximum absolute atomic E-state index is 5.43. The summed E-state index contributed by atoms with van der Waals surface area (Å²) in [5, 5.41) is 0. The molecule has 6 nitrogen and oxygen atoms in total. The fourth-order valence-electron chi connectivity index (χ4n) is 10.2. The van der Waals surface area contributed by atoms with Gasteiger partial charge in [0.1, 0.15) is 0 Å².